The molecule has 2 amide bonds. The molecule has 166 valence electrons. The van der Waals surface area contributed by atoms with Gasteiger partial charge >= 0.3 is 0 Å². The number of hydrogen-bond acceptors (Lipinski definition) is 7. The Morgan fingerprint density at radius 2 is 2.16 bits per heavy atom. The fourth-order valence-corrected chi connectivity index (χ4v) is 5.60. The van der Waals surface area contributed by atoms with Gasteiger partial charge in [-0.25, -0.2) is 4.98 Å². The van der Waals surface area contributed by atoms with Crippen molar-refractivity contribution >= 4 is 39.6 Å². The summed E-state index contributed by atoms with van der Waals surface area (Å²) in [5.41, 5.74) is 1.78. The van der Waals surface area contributed by atoms with Crippen LogP contribution in [0.5, 0.6) is 11.5 Å². The number of fused-ring (bicyclic) bond motifs is 2. The molecule has 1 aromatic carbocycles. The average molecular weight is 470 g/mol. The molecular formula is C23H23N3O4S2. The van der Waals surface area contributed by atoms with Crippen molar-refractivity contribution in [1.82, 2.24) is 9.88 Å². The zero-order valence-electron chi connectivity index (χ0n) is 17.8. The van der Waals surface area contributed by atoms with Crippen LogP contribution in [0.4, 0.5) is 5.13 Å². The van der Waals surface area contributed by atoms with E-state index in [4.69, 9.17) is 9.47 Å². The van der Waals surface area contributed by atoms with E-state index in [0.29, 0.717) is 35.3 Å². The maximum absolute atomic E-state index is 12.8. The van der Waals surface area contributed by atoms with Crippen LogP contribution in [0, 0.1) is 0 Å². The topological polar surface area (TPSA) is 80.8 Å². The summed E-state index contributed by atoms with van der Waals surface area (Å²) in [4.78, 5) is 33.1. The highest BCUT2D eigenvalue weighted by Crippen LogP contribution is 2.41. The maximum Gasteiger partial charge on any atom is 0.267 e. The number of benzene rings is 1. The summed E-state index contributed by atoms with van der Waals surface area (Å²) in [5, 5.41) is 5.29. The zero-order chi connectivity index (χ0) is 22.3. The van der Waals surface area contributed by atoms with Crippen LogP contribution in [-0.2, 0) is 24.2 Å². The molecule has 7 nitrogen and oxygen atoms in total. The maximum atomic E-state index is 12.8. The van der Waals surface area contributed by atoms with Crippen LogP contribution >= 0.6 is 22.7 Å². The first-order valence-corrected chi connectivity index (χ1v) is 12.1. The second-order valence-corrected chi connectivity index (χ2v) is 10.5. The van der Waals surface area contributed by atoms with E-state index in [2.05, 4.69) is 10.3 Å². The van der Waals surface area contributed by atoms with Gasteiger partial charge < -0.3 is 14.4 Å². The molecule has 2 aromatic heterocycles. The van der Waals surface area contributed by atoms with Crippen LogP contribution < -0.4 is 14.8 Å². The highest BCUT2D eigenvalue weighted by atomic mass is 32.1. The molecule has 4 heterocycles. The molecule has 32 heavy (non-hydrogen) atoms. The van der Waals surface area contributed by atoms with Gasteiger partial charge in [0.15, 0.2) is 23.2 Å². The molecular weight excluding hydrogens is 446 g/mol. The molecule has 0 unspecified atom stereocenters. The third-order valence-corrected chi connectivity index (χ3v) is 7.32. The molecule has 2 aliphatic rings. The fourth-order valence-electron chi connectivity index (χ4n) is 3.96. The first-order chi connectivity index (χ1) is 15.4. The van der Waals surface area contributed by atoms with Crippen LogP contribution in [0.1, 0.15) is 39.7 Å². The molecule has 0 spiro atoms. The molecule has 0 saturated carbocycles. The first kappa shape index (κ1) is 21.0. The van der Waals surface area contributed by atoms with Crippen molar-refractivity contribution < 1.29 is 19.1 Å². The minimum atomic E-state index is -0.266. The van der Waals surface area contributed by atoms with E-state index in [9.17, 15) is 9.59 Å². The molecule has 0 saturated heterocycles. The molecule has 0 atom stereocenters. The average Bonchev–Trinajstić information content (AvgIpc) is 3.48. The molecule has 0 aliphatic carbocycles. The van der Waals surface area contributed by atoms with E-state index in [1.54, 1.807) is 11.0 Å². The predicted molar refractivity (Wildman–Crippen MR) is 124 cm³/mol. The number of nitrogens with one attached hydrogen (secondary N) is 1. The van der Waals surface area contributed by atoms with E-state index in [1.165, 1.54) is 22.7 Å². The van der Waals surface area contributed by atoms with Crippen molar-refractivity contribution in [2.75, 3.05) is 18.5 Å². The second-order valence-electron chi connectivity index (χ2n) is 8.46. The molecule has 2 aliphatic heterocycles. The van der Waals surface area contributed by atoms with Gasteiger partial charge in [-0.2, -0.15) is 0 Å². The van der Waals surface area contributed by atoms with Crippen molar-refractivity contribution in [3.05, 3.63) is 56.7 Å². The molecule has 0 fully saturated rings. The van der Waals surface area contributed by atoms with Crippen LogP contribution in [0.2, 0.25) is 0 Å². The van der Waals surface area contributed by atoms with Gasteiger partial charge in [0.25, 0.3) is 11.8 Å². The Kier molecular flexibility index (Phi) is 5.38. The summed E-state index contributed by atoms with van der Waals surface area (Å²) < 4.78 is 11.9. The number of para-hydroxylation sites is 1. The Bertz CT molecular complexity index is 1170. The van der Waals surface area contributed by atoms with Gasteiger partial charge in [-0.1, -0.05) is 29.5 Å². The normalized spacial score (nSPS) is 16.1. The van der Waals surface area contributed by atoms with Crippen molar-refractivity contribution in [3.8, 4) is 11.5 Å². The quantitative estimate of drug-likeness (QED) is 0.608. The van der Waals surface area contributed by atoms with Crippen LogP contribution in [-0.4, -0.2) is 40.5 Å². The van der Waals surface area contributed by atoms with Gasteiger partial charge in [-0.3, -0.25) is 14.9 Å². The number of ether oxygens (including phenoxy) is 2. The Morgan fingerprint density at radius 3 is 2.97 bits per heavy atom. The van der Waals surface area contributed by atoms with Crippen molar-refractivity contribution in [2.45, 2.75) is 38.8 Å². The van der Waals surface area contributed by atoms with Crippen molar-refractivity contribution in [3.63, 3.8) is 0 Å². The molecule has 1 N–H and O–H groups in total. The minimum absolute atomic E-state index is 0.0453. The van der Waals surface area contributed by atoms with Crippen LogP contribution in [0.3, 0.4) is 0 Å². The summed E-state index contributed by atoms with van der Waals surface area (Å²) in [6, 6.07) is 9.42. The third kappa shape index (κ3) is 4.22. The predicted octanol–water partition coefficient (Wildman–Crippen LogP) is 4.13. The van der Waals surface area contributed by atoms with Crippen molar-refractivity contribution in [1.29, 1.82) is 0 Å². The number of aromatic nitrogens is 1. The van der Waals surface area contributed by atoms with Gasteiger partial charge in [-0.05, 0) is 31.4 Å². The van der Waals surface area contributed by atoms with Gasteiger partial charge in [0.1, 0.15) is 5.60 Å². The lowest BCUT2D eigenvalue weighted by Gasteiger charge is -2.26. The number of nitrogens with zero attached hydrogens (tertiary/aromatic N) is 2. The summed E-state index contributed by atoms with van der Waals surface area (Å²) in [6.07, 6.45) is 1.48. The summed E-state index contributed by atoms with van der Waals surface area (Å²) in [5.74, 6) is 1.10. The SMILES string of the molecule is CC1(C)Cc2cccc(OCC(=O)N3CCc4nc(NC(=O)c5cccs5)sc4C3)c2O1. The Balaban J connectivity index is 1.20. The summed E-state index contributed by atoms with van der Waals surface area (Å²) in [7, 11) is 0. The molecule has 3 aromatic rings. The summed E-state index contributed by atoms with van der Waals surface area (Å²) >= 11 is 2.81. The lowest BCUT2D eigenvalue weighted by atomic mass is 10.0. The minimum Gasteiger partial charge on any atom is -0.483 e. The highest BCUT2D eigenvalue weighted by Gasteiger charge is 2.32. The van der Waals surface area contributed by atoms with E-state index < -0.39 is 0 Å². The zero-order valence-corrected chi connectivity index (χ0v) is 19.5. The third-order valence-electron chi connectivity index (χ3n) is 5.46. The number of carbonyl (C=O) groups is 2. The number of rotatable bonds is 5. The van der Waals surface area contributed by atoms with Gasteiger partial charge in [0, 0.05) is 29.8 Å². The first-order valence-electron chi connectivity index (χ1n) is 10.4. The lowest BCUT2D eigenvalue weighted by molar-refractivity contribution is -0.134. The van der Waals surface area contributed by atoms with Gasteiger partial charge in [-0.15, -0.1) is 11.3 Å². The lowest BCUT2D eigenvalue weighted by Crippen LogP contribution is -2.38. The number of amides is 2. The summed E-state index contributed by atoms with van der Waals surface area (Å²) in [6.45, 7) is 5.09. The second kappa shape index (κ2) is 8.22. The Hall–Kier alpha value is -2.91. The Labute approximate surface area is 194 Å². The standard InChI is InChI=1S/C23H23N3O4S2/c1-23(2)11-14-5-3-6-16(20(14)30-23)29-13-19(27)26-9-8-15-18(12-26)32-22(24-15)25-21(28)17-7-4-10-31-17/h3-7,10H,8-9,11-13H2,1-2H3,(H,24,25,28). The molecule has 0 bridgehead atoms. The van der Waals surface area contributed by atoms with Gasteiger partial charge in [0.2, 0.25) is 0 Å². The van der Waals surface area contributed by atoms with E-state index in [1.807, 2.05) is 43.5 Å². The van der Waals surface area contributed by atoms with E-state index in [0.717, 1.165) is 28.3 Å². The van der Waals surface area contributed by atoms with E-state index >= 15 is 0 Å². The van der Waals surface area contributed by atoms with Gasteiger partial charge in [0.05, 0.1) is 17.1 Å². The van der Waals surface area contributed by atoms with Crippen molar-refractivity contribution in [2.24, 2.45) is 0 Å². The smallest absolute Gasteiger partial charge is 0.267 e. The number of thiophene rings is 1. The fraction of sp³-hybridized carbons (Fsp3) is 0.348. The van der Waals surface area contributed by atoms with E-state index in [-0.39, 0.29) is 24.0 Å². The largest absolute Gasteiger partial charge is 0.483 e. The highest BCUT2D eigenvalue weighted by molar-refractivity contribution is 7.16. The monoisotopic (exact) mass is 469 g/mol. The van der Waals surface area contributed by atoms with Crippen LogP contribution in [0.15, 0.2) is 35.7 Å². The number of carbonyl (C=O) groups excluding carboxylic acids is 2. The number of hydrogen-bond donors (Lipinski definition) is 1. The van der Waals surface area contributed by atoms with Crippen LogP contribution in [0.25, 0.3) is 0 Å². The molecule has 5 rings (SSSR count). The number of thiazole rings is 1. The molecule has 9 heteroatoms. The Morgan fingerprint density at radius 1 is 1.28 bits per heavy atom. The molecule has 0 radical (unpaired) electrons. The number of anilines is 1.